The number of hydrogen-bond acceptors (Lipinski definition) is 3. The van der Waals surface area contributed by atoms with Crippen molar-refractivity contribution in [3.05, 3.63) is 45.2 Å². The fourth-order valence-electron chi connectivity index (χ4n) is 1.28. The molecule has 2 aromatic rings. The van der Waals surface area contributed by atoms with Crippen molar-refractivity contribution in [1.82, 2.24) is 9.97 Å². The molecule has 0 spiro atoms. The van der Waals surface area contributed by atoms with Crippen LogP contribution in [0.3, 0.4) is 0 Å². The van der Waals surface area contributed by atoms with Crippen LogP contribution >= 0.6 is 31.9 Å². The lowest BCUT2D eigenvalue weighted by molar-refractivity contribution is 1.04. The van der Waals surface area contributed by atoms with Crippen molar-refractivity contribution in [3.8, 4) is 0 Å². The van der Waals surface area contributed by atoms with Gasteiger partial charge in [0.1, 0.15) is 16.2 Å². The molecule has 0 fully saturated rings. The maximum atomic E-state index is 4.29. The third-order valence-corrected chi connectivity index (χ3v) is 2.86. The van der Waals surface area contributed by atoms with Crippen molar-refractivity contribution >= 4 is 43.4 Å². The quantitative estimate of drug-likeness (QED) is 0.836. The molecule has 1 aromatic heterocycles. The zero-order valence-corrected chi connectivity index (χ0v) is 11.7. The summed E-state index contributed by atoms with van der Waals surface area (Å²) in [4.78, 5) is 8.44. The summed E-state index contributed by atoms with van der Waals surface area (Å²) in [6, 6.07) is 9.76. The van der Waals surface area contributed by atoms with E-state index in [4.69, 9.17) is 0 Å². The summed E-state index contributed by atoms with van der Waals surface area (Å²) in [6.07, 6.45) is 0. The Labute approximate surface area is 111 Å². The van der Waals surface area contributed by atoms with Gasteiger partial charge in [-0.3, -0.25) is 0 Å². The van der Waals surface area contributed by atoms with Gasteiger partial charge in [-0.25, -0.2) is 9.97 Å². The van der Waals surface area contributed by atoms with Gasteiger partial charge in [0.15, 0.2) is 0 Å². The van der Waals surface area contributed by atoms with Gasteiger partial charge in [0.2, 0.25) is 0 Å². The van der Waals surface area contributed by atoms with Crippen LogP contribution in [0.25, 0.3) is 0 Å². The summed E-state index contributed by atoms with van der Waals surface area (Å²) < 4.78 is 1.83. The highest BCUT2D eigenvalue weighted by Crippen LogP contribution is 2.19. The lowest BCUT2D eigenvalue weighted by atomic mass is 10.3. The summed E-state index contributed by atoms with van der Waals surface area (Å²) in [5.41, 5.74) is 0.994. The van der Waals surface area contributed by atoms with E-state index in [1.54, 1.807) is 0 Å². The van der Waals surface area contributed by atoms with Gasteiger partial charge in [-0.2, -0.15) is 0 Å². The molecule has 0 aliphatic heterocycles. The second-order valence-corrected chi connectivity index (χ2v) is 4.98. The third-order valence-electron chi connectivity index (χ3n) is 1.92. The van der Waals surface area contributed by atoms with Crippen LogP contribution in [0, 0.1) is 6.92 Å². The van der Waals surface area contributed by atoms with Gasteiger partial charge in [0.05, 0.1) is 0 Å². The molecule has 0 unspecified atom stereocenters. The number of rotatable bonds is 2. The standard InChI is InChI=1S/C11H9Br2N3/c1-7-14-10(13)6-11(15-7)16-9-4-2-8(12)3-5-9/h2-6H,1H3,(H,14,15,16). The zero-order valence-electron chi connectivity index (χ0n) is 8.54. The van der Waals surface area contributed by atoms with Crippen LogP contribution in [-0.4, -0.2) is 9.97 Å². The molecule has 0 saturated heterocycles. The normalized spacial score (nSPS) is 10.2. The van der Waals surface area contributed by atoms with E-state index < -0.39 is 0 Å². The van der Waals surface area contributed by atoms with E-state index in [0.717, 1.165) is 26.4 Å². The average molecular weight is 343 g/mol. The van der Waals surface area contributed by atoms with Gasteiger partial charge in [-0.15, -0.1) is 0 Å². The van der Waals surface area contributed by atoms with E-state index >= 15 is 0 Å². The molecule has 0 bridgehead atoms. The minimum atomic E-state index is 0.731. The van der Waals surface area contributed by atoms with E-state index in [9.17, 15) is 0 Å². The SMILES string of the molecule is Cc1nc(Br)cc(Nc2ccc(Br)cc2)n1. The molecule has 16 heavy (non-hydrogen) atoms. The third kappa shape index (κ3) is 3.02. The topological polar surface area (TPSA) is 37.8 Å². The number of aryl methyl sites for hydroxylation is 1. The molecule has 0 aliphatic rings. The fraction of sp³-hybridized carbons (Fsp3) is 0.0909. The van der Waals surface area contributed by atoms with Gasteiger partial charge in [-0.05, 0) is 47.1 Å². The molecular formula is C11H9Br2N3. The van der Waals surface area contributed by atoms with Crippen LogP contribution < -0.4 is 5.32 Å². The molecule has 0 saturated carbocycles. The fourth-order valence-corrected chi connectivity index (χ4v) is 2.01. The molecule has 82 valence electrons. The Hall–Kier alpha value is -0.940. The van der Waals surface area contributed by atoms with Crippen molar-refractivity contribution in [1.29, 1.82) is 0 Å². The molecule has 0 atom stereocenters. The number of aromatic nitrogens is 2. The first-order valence-corrected chi connectivity index (χ1v) is 6.26. The van der Waals surface area contributed by atoms with Crippen LogP contribution in [0.4, 0.5) is 11.5 Å². The molecule has 0 aliphatic carbocycles. The molecule has 5 heteroatoms. The number of nitrogens with zero attached hydrogens (tertiary/aromatic N) is 2. The highest BCUT2D eigenvalue weighted by molar-refractivity contribution is 9.10. The lowest BCUT2D eigenvalue weighted by Crippen LogP contribution is -1.97. The molecule has 3 nitrogen and oxygen atoms in total. The summed E-state index contributed by atoms with van der Waals surface area (Å²) >= 11 is 6.73. The number of benzene rings is 1. The Morgan fingerprint density at radius 2 is 1.75 bits per heavy atom. The summed E-state index contributed by atoms with van der Waals surface area (Å²) in [5, 5.41) is 3.21. The van der Waals surface area contributed by atoms with Crippen molar-refractivity contribution < 1.29 is 0 Å². The molecule has 1 N–H and O–H groups in total. The van der Waals surface area contributed by atoms with Crippen LogP contribution in [0.5, 0.6) is 0 Å². The Kier molecular flexibility index (Phi) is 3.56. The molecule has 0 amide bonds. The van der Waals surface area contributed by atoms with Crippen LogP contribution in [0.1, 0.15) is 5.82 Å². The Morgan fingerprint density at radius 3 is 2.38 bits per heavy atom. The Balaban J connectivity index is 2.23. The largest absolute Gasteiger partial charge is 0.340 e. The van der Waals surface area contributed by atoms with Crippen molar-refractivity contribution in [2.24, 2.45) is 0 Å². The van der Waals surface area contributed by atoms with Crippen LogP contribution in [-0.2, 0) is 0 Å². The van der Waals surface area contributed by atoms with Gasteiger partial charge in [0, 0.05) is 16.2 Å². The zero-order chi connectivity index (χ0) is 11.5. The first kappa shape index (κ1) is 11.5. The van der Waals surface area contributed by atoms with Gasteiger partial charge in [-0.1, -0.05) is 15.9 Å². The molecule has 1 heterocycles. The van der Waals surface area contributed by atoms with Gasteiger partial charge >= 0.3 is 0 Å². The monoisotopic (exact) mass is 341 g/mol. The van der Waals surface area contributed by atoms with Crippen molar-refractivity contribution in [3.63, 3.8) is 0 Å². The van der Waals surface area contributed by atoms with Crippen molar-refractivity contribution in [2.45, 2.75) is 6.92 Å². The minimum absolute atomic E-state index is 0.731. The first-order valence-electron chi connectivity index (χ1n) is 4.67. The van der Waals surface area contributed by atoms with Gasteiger partial charge < -0.3 is 5.32 Å². The van der Waals surface area contributed by atoms with Crippen LogP contribution in [0.15, 0.2) is 39.4 Å². The maximum absolute atomic E-state index is 4.29. The second kappa shape index (κ2) is 4.93. The predicted molar refractivity (Wildman–Crippen MR) is 71.9 cm³/mol. The molecule has 1 aromatic carbocycles. The smallest absolute Gasteiger partial charge is 0.135 e. The molecular weight excluding hydrogens is 334 g/mol. The predicted octanol–water partition coefficient (Wildman–Crippen LogP) is 4.05. The highest BCUT2D eigenvalue weighted by atomic mass is 79.9. The van der Waals surface area contributed by atoms with E-state index in [2.05, 4.69) is 47.1 Å². The highest BCUT2D eigenvalue weighted by Gasteiger charge is 2.00. The van der Waals surface area contributed by atoms with E-state index in [-0.39, 0.29) is 0 Å². The Morgan fingerprint density at radius 1 is 1.06 bits per heavy atom. The number of nitrogens with one attached hydrogen (secondary N) is 1. The number of anilines is 2. The maximum Gasteiger partial charge on any atom is 0.135 e. The summed E-state index contributed by atoms with van der Waals surface area (Å²) in [5.74, 6) is 1.51. The minimum Gasteiger partial charge on any atom is -0.340 e. The van der Waals surface area contributed by atoms with E-state index in [0.29, 0.717) is 0 Å². The number of hydrogen-bond donors (Lipinski definition) is 1. The second-order valence-electron chi connectivity index (χ2n) is 3.26. The van der Waals surface area contributed by atoms with E-state index in [1.807, 2.05) is 37.3 Å². The van der Waals surface area contributed by atoms with E-state index in [1.165, 1.54) is 0 Å². The number of halogens is 2. The molecule has 2 rings (SSSR count). The molecule has 0 radical (unpaired) electrons. The summed E-state index contributed by atoms with van der Waals surface area (Å²) in [7, 11) is 0. The van der Waals surface area contributed by atoms with Crippen LogP contribution in [0.2, 0.25) is 0 Å². The lowest BCUT2D eigenvalue weighted by Gasteiger charge is -2.06. The Bertz CT molecular complexity index is 477. The summed E-state index contributed by atoms with van der Waals surface area (Å²) in [6.45, 7) is 1.86. The van der Waals surface area contributed by atoms with Crippen molar-refractivity contribution in [2.75, 3.05) is 5.32 Å². The van der Waals surface area contributed by atoms with Gasteiger partial charge in [0.25, 0.3) is 0 Å². The first-order chi connectivity index (χ1) is 7.63. The average Bonchev–Trinajstić information content (AvgIpc) is 2.20.